The van der Waals surface area contributed by atoms with Gasteiger partial charge in [-0.1, -0.05) is 72.8 Å². The van der Waals surface area contributed by atoms with E-state index >= 15 is 0 Å². The van der Waals surface area contributed by atoms with Crippen molar-refractivity contribution in [2.45, 2.75) is 18.0 Å². The van der Waals surface area contributed by atoms with Crippen LogP contribution in [0.15, 0.2) is 89.8 Å². The average molecular weight is 477 g/mol. The number of hydrogen-bond acceptors (Lipinski definition) is 5. The van der Waals surface area contributed by atoms with Crippen LogP contribution in [0.25, 0.3) is 0 Å². The van der Waals surface area contributed by atoms with E-state index in [0.717, 1.165) is 11.1 Å². The fraction of sp³-hybridized carbons (Fsp3) is 0.222. The minimum atomic E-state index is -0.588. The Labute approximate surface area is 204 Å². The van der Waals surface area contributed by atoms with Gasteiger partial charge in [0, 0.05) is 32.1 Å². The summed E-state index contributed by atoms with van der Waals surface area (Å²) in [5.41, 5.74) is 2.38. The van der Waals surface area contributed by atoms with Crippen molar-refractivity contribution in [3.8, 4) is 0 Å². The quantitative estimate of drug-likeness (QED) is 0.323. The van der Waals surface area contributed by atoms with Crippen LogP contribution < -0.4 is 0 Å². The van der Waals surface area contributed by atoms with Crippen molar-refractivity contribution in [2.75, 3.05) is 26.5 Å². The fourth-order valence-electron chi connectivity index (χ4n) is 3.22. The molecular formula is C27H28N2O4S. The molecule has 0 aromatic heterocycles. The van der Waals surface area contributed by atoms with E-state index in [4.69, 9.17) is 4.74 Å². The molecule has 34 heavy (non-hydrogen) atoms. The number of likely N-dealkylation sites (N-methyl/N-ethyl adjacent to an activating group) is 1. The minimum Gasteiger partial charge on any atom is -0.452 e. The van der Waals surface area contributed by atoms with Crippen molar-refractivity contribution in [2.24, 2.45) is 0 Å². The van der Waals surface area contributed by atoms with Crippen LogP contribution in [-0.4, -0.2) is 54.0 Å². The Hall–Kier alpha value is -3.58. The predicted molar refractivity (Wildman–Crippen MR) is 133 cm³/mol. The molecule has 0 fully saturated rings. The number of carbonyl (C=O) groups is 3. The fourth-order valence-corrected chi connectivity index (χ4v) is 4.20. The van der Waals surface area contributed by atoms with Crippen molar-refractivity contribution in [3.05, 3.63) is 102 Å². The monoisotopic (exact) mass is 476 g/mol. The van der Waals surface area contributed by atoms with Crippen molar-refractivity contribution in [1.82, 2.24) is 9.80 Å². The first-order chi connectivity index (χ1) is 16.4. The van der Waals surface area contributed by atoms with Crippen LogP contribution in [0.5, 0.6) is 0 Å². The second-order valence-electron chi connectivity index (χ2n) is 7.83. The molecule has 0 bridgehead atoms. The largest absolute Gasteiger partial charge is 0.452 e. The molecule has 0 spiro atoms. The first kappa shape index (κ1) is 25.1. The standard InChI is InChI=1S/C27H28N2O4S/c1-28(17-21-11-5-3-6-12-21)25(30)19-33-27(32)23-15-9-10-16-24(23)34-20-26(31)29(2)18-22-13-7-4-8-14-22/h3-16H,17-20H2,1-2H3. The molecule has 0 atom stereocenters. The summed E-state index contributed by atoms with van der Waals surface area (Å²) in [6.45, 7) is 0.602. The molecule has 0 aliphatic heterocycles. The molecule has 0 aliphatic carbocycles. The third-order valence-corrected chi connectivity index (χ3v) is 6.22. The van der Waals surface area contributed by atoms with E-state index in [2.05, 4.69) is 0 Å². The van der Waals surface area contributed by atoms with Crippen LogP contribution in [0.1, 0.15) is 21.5 Å². The van der Waals surface area contributed by atoms with Crippen molar-refractivity contribution in [1.29, 1.82) is 0 Å². The lowest BCUT2D eigenvalue weighted by Gasteiger charge is -2.18. The van der Waals surface area contributed by atoms with E-state index in [9.17, 15) is 14.4 Å². The van der Waals surface area contributed by atoms with Crippen molar-refractivity contribution in [3.63, 3.8) is 0 Å². The molecule has 6 nitrogen and oxygen atoms in total. The first-order valence-corrected chi connectivity index (χ1v) is 11.9. The molecule has 3 aromatic carbocycles. The summed E-state index contributed by atoms with van der Waals surface area (Å²) in [7, 11) is 3.43. The average Bonchev–Trinajstić information content (AvgIpc) is 2.86. The summed E-state index contributed by atoms with van der Waals surface area (Å²) >= 11 is 1.28. The van der Waals surface area contributed by atoms with Crippen LogP contribution >= 0.6 is 11.8 Å². The maximum absolute atomic E-state index is 12.7. The number of amides is 2. The topological polar surface area (TPSA) is 66.9 Å². The molecule has 0 heterocycles. The lowest BCUT2D eigenvalue weighted by atomic mass is 10.2. The highest BCUT2D eigenvalue weighted by Gasteiger charge is 2.18. The van der Waals surface area contributed by atoms with Gasteiger partial charge in [0.2, 0.25) is 5.91 Å². The molecule has 0 saturated carbocycles. The lowest BCUT2D eigenvalue weighted by molar-refractivity contribution is -0.133. The molecule has 2 amide bonds. The highest BCUT2D eigenvalue weighted by Crippen LogP contribution is 2.24. The van der Waals surface area contributed by atoms with Gasteiger partial charge >= 0.3 is 5.97 Å². The van der Waals surface area contributed by atoms with Gasteiger partial charge in [-0.25, -0.2) is 4.79 Å². The van der Waals surface area contributed by atoms with Gasteiger partial charge in [0.1, 0.15) is 0 Å². The Balaban J connectivity index is 1.52. The molecule has 0 N–H and O–H groups in total. The minimum absolute atomic E-state index is 0.0465. The Bertz CT molecular complexity index is 1110. The number of nitrogens with zero attached hydrogens (tertiary/aromatic N) is 2. The normalized spacial score (nSPS) is 10.4. The summed E-state index contributed by atoms with van der Waals surface area (Å²) in [5, 5.41) is 0. The Kier molecular flexibility index (Phi) is 9.29. The van der Waals surface area contributed by atoms with Crippen LogP contribution in [-0.2, 0) is 27.4 Å². The highest BCUT2D eigenvalue weighted by molar-refractivity contribution is 8.00. The number of carbonyl (C=O) groups excluding carboxylic acids is 3. The zero-order chi connectivity index (χ0) is 24.3. The van der Waals surface area contributed by atoms with Gasteiger partial charge < -0.3 is 14.5 Å². The summed E-state index contributed by atoms with van der Waals surface area (Å²) in [6.07, 6.45) is 0. The number of esters is 1. The number of thioether (sulfide) groups is 1. The Morgan fingerprint density at radius 1 is 0.706 bits per heavy atom. The summed E-state index contributed by atoms with van der Waals surface area (Å²) < 4.78 is 5.28. The maximum Gasteiger partial charge on any atom is 0.339 e. The van der Waals surface area contributed by atoms with Gasteiger partial charge in [-0.2, -0.15) is 0 Å². The zero-order valence-electron chi connectivity index (χ0n) is 19.3. The molecule has 7 heteroatoms. The van der Waals surface area contributed by atoms with E-state index in [1.54, 1.807) is 43.3 Å². The van der Waals surface area contributed by atoms with E-state index < -0.39 is 5.97 Å². The van der Waals surface area contributed by atoms with E-state index in [0.29, 0.717) is 23.5 Å². The van der Waals surface area contributed by atoms with E-state index in [1.165, 1.54) is 16.7 Å². The SMILES string of the molecule is CN(Cc1ccccc1)C(=O)COC(=O)c1ccccc1SCC(=O)N(C)Cc1ccccc1. The highest BCUT2D eigenvalue weighted by atomic mass is 32.2. The number of hydrogen-bond donors (Lipinski definition) is 0. The smallest absolute Gasteiger partial charge is 0.339 e. The maximum atomic E-state index is 12.7. The van der Waals surface area contributed by atoms with Gasteiger partial charge in [0.15, 0.2) is 6.61 Å². The van der Waals surface area contributed by atoms with Crippen molar-refractivity contribution < 1.29 is 19.1 Å². The van der Waals surface area contributed by atoms with Crippen LogP contribution in [0.2, 0.25) is 0 Å². The van der Waals surface area contributed by atoms with Crippen LogP contribution in [0.4, 0.5) is 0 Å². The second kappa shape index (κ2) is 12.6. The Morgan fingerprint density at radius 2 is 1.21 bits per heavy atom. The van der Waals surface area contributed by atoms with Gasteiger partial charge in [-0.15, -0.1) is 11.8 Å². The van der Waals surface area contributed by atoms with Gasteiger partial charge in [0.25, 0.3) is 5.91 Å². The third-order valence-electron chi connectivity index (χ3n) is 5.16. The molecular weight excluding hydrogens is 448 g/mol. The number of ether oxygens (including phenoxy) is 1. The zero-order valence-corrected chi connectivity index (χ0v) is 20.2. The molecule has 0 saturated heterocycles. The summed E-state index contributed by atoms with van der Waals surface area (Å²) in [6, 6.07) is 26.3. The summed E-state index contributed by atoms with van der Waals surface area (Å²) in [4.78, 5) is 41.5. The van der Waals surface area contributed by atoms with Gasteiger partial charge in [-0.05, 0) is 23.3 Å². The molecule has 3 rings (SSSR count). The molecule has 0 radical (unpaired) electrons. The van der Waals surface area contributed by atoms with E-state index in [-0.39, 0.29) is 24.2 Å². The predicted octanol–water partition coefficient (Wildman–Crippen LogP) is 4.25. The van der Waals surface area contributed by atoms with Gasteiger partial charge in [-0.3, -0.25) is 9.59 Å². The molecule has 0 unspecified atom stereocenters. The third kappa shape index (κ3) is 7.49. The number of benzene rings is 3. The van der Waals surface area contributed by atoms with Crippen molar-refractivity contribution >= 4 is 29.5 Å². The first-order valence-electron chi connectivity index (χ1n) is 10.9. The second-order valence-corrected chi connectivity index (χ2v) is 8.85. The summed E-state index contributed by atoms with van der Waals surface area (Å²) in [5.74, 6) is -0.740. The number of rotatable bonds is 10. The van der Waals surface area contributed by atoms with E-state index in [1.807, 2.05) is 60.7 Å². The van der Waals surface area contributed by atoms with Crippen LogP contribution in [0.3, 0.4) is 0 Å². The molecule has 176 valence electrons. The van der Waals surface area contributed by atoms with Gasteiger partial charge in [0.05, 0.1) is 11.3 Å². The van der Waals surface area contributed by atoms with Crippen LogP contribution in [0, 0.1) is 0 Å². The molecule has 0 aliphatic rings. The Morgan fingerprint density at radius 3 is 1.79 bits per heavy atom. The molecule has 3 aromatic rings. The lowest BCUT2D eigenvalue weighted by Crippen LogP contribution is -2.31.